The molecule has 3 nitrogen and oxygen atoms in total. The molecule has 0 atom stereocenters. The number of rotatable bonds is 0. The molecule has 0 fully saturated rings. The molecule has 0 bridgehead atoms. The molecule has 0 aromatic heterocycles. The minimum absolute atomic E-state index is 0. The molecular weight excluding hydrogens is 168 g/mol. The average Bonchev–Trinajstić information content (AvgIpc) is 0. The summed E-state index contributed by atoms with van der Waals surface area (Å²) in [6, 6.07) is 0. The number of hydrogen-bond donors (Lipinski definition) is 0. The molecule has 0 unspecified atom stereocenters. The molecule has 0 radical (unpaired) electrons. The van der Waals surface area contributed by atoms with Gasteiger partial charge in [-0.1, -0.05) is 0 Å². The van der Waals surface area contributed by atoms with Crippen molar-refractivity contribution in [2.75, 3.05) is 0 Å². The van der Waals surface area contributed by atoms with Gasteiger partial charge >= 0.3 is 37.7 Å². The Morgan fingerprint density at radius 3 is 0.600 bits per heavy atom. The summed E-state index contributed by atoms with van der Waals surface area (Å²) in [5.74, 6) is 0. The molecule has 5 heavy (non-hydrogen) atoms. The summed E-state index contributed by atoms with van der Waals surface area (Å²) in [7, 11) is 0. The Hall–Kier alpha value is 1.62. The van der Waals surface area contributed by atoms with Crippen LogP contribution in [-0.2, 0) is 0 Å². The first-order valence-corrected chi connectivity index (χ1v) is 0. The second kappa shape index (κ2) is 45.7. The first-order chi connectivity index (χ1) is 0. The van der Waals surface area contributed by atoms with Crippen LogP contribution in [0.5, 0.6) is 0 Å². The van der Waals surface area contributed by atoms with Crippen LogP contribution in [0.1, 0.15) is 0 Å². The summed E-state index contributed by atoms with van der Waals surface area (Å²) in [6.45, 7) is 0. The van der Waals surface area contributed by atoms with Gasteiger partial charge in [0.2, 0.25) is 0 Å². The number of halogens is 1. The van der Waals surface area contributed by atoms with Crippen LogP contribution >= 0.6 is 0 Å². The van der Waals surface area contributed by atoms with E-state index >= 15 is 0 Å². The van der Waals surface area contributed by atoms with Gasteiger partial charge in [-0.2, -0.15) is 0 Å². The molecule has 0 aliphatic rings. The third kappa shape index (κ3) is 28.1. The molecule has 0 spiro atoms. The van der Waals surface area contributed by atoms with E-state index < -0.39 is 0 Å². The van der Waals surface area contributed by atoms with Crippen molar-refractivity contribution < 1.29 is 33.4 Å². The van der Waals surface area contributed by atoms with Crippen LogP contribution < -0.4 is 17.0 Å². The Morgan fingerprint density at radius 1 is 0.600 bits per heavy atom. The van der Waals surface area contributed by atoms with Gasteiger partial charge in [0, 0.05) is 0 Å². The molecule has 6 N–H and O–H groups in total. The van der Waals surface area contributed by atoms with Crippen LogP contribution in [0.2, 0.25) is 0 Å². The van der Waals surface area contributed by atoms with Gasteiger partial charge < -0.3 is 33.4 Å². The van der Waals surface area contributed by atoms with Gasteiger partial charge in [-0.15, -0.1) is 0 Å². The van der Waals surface area contributed by atoms with E-state index in [1.54, 1.807) is 0 Å². The second-order valence-electron chi connectivity index (χ2n) is 0. The SMILES string of the molecule is O.O.O.[Br-].[Ca+2]. The van der Waals surface area contributed by atoms with Crippen molar-refractivity contribution in [3.05, 3.63) is 0 Å². The fourth-order valence-corrected chi connectivity index (χ4v) is 0. The smallest absolute Gasteiger partial charge is 1.00 e. The van der Waals surface area contributed by atoms with Crippen molar-refractivity contribution in [3.8, 4) is 0 Å². The van der Waals surface area contributed by atoms with E-state index in [9.17, 15) is 0 Å². The zero-order valence-corrected chi connectivity index (χ0v) is 6.38. The molecule has 0 heterocycles. The maximum Gasteiger partial charge on any atom is 2.00 e. The fraction of sp³-hybridized carbons (Fsp3) is 0. The molecule has 0 amide bonds. The van der Waals surface area contributed by atoms with Gasteiger partial charge in [-0.05, 0) is 0 Å². The molecule has 5 heteroatoms. The van der Waals surface area contributed by atoms with Gasteiger partial charge in [-0.25, -0.2) is 0 Å². The minimum atomic E-state index is 0. The summed E-state index contributed by atoms with van der Waals surface area (Å²) in [6.07, 6.45) is 0. The average molecular weight is 174 g/mol. The molecule has 0 aromatic rings. The van der Waals surface area contributed by atoms with Crippen molar-refractivity contribution in [1.29, 1.82) is 0 Å². The van der Waals surface area contributed by atoms with E-state index in [-0.39, 0.29) is 71.1 Å². The van der Waals surface area contributed by atoms with Crippen molar-refractivity contribution in [2.45, 2.75) is 0 Å². The Balaban J connectivity index is 0. The van der Waals surface area contributed by atoms with Crippen molar-refractivity contribution in [1.82, 2.24) is 0 Å². The quantitative estimate of drug-likeness (QED) is 0.327. The zero-order valence-electron chi connectivity index (χ0n) is 2.59. The Bertz CT molecular complexity index is 6.85. The molecule has 0 saturated heterocycles. The standard InChI is InChI=1S/BrH.Ca.3H2O/h1H;;3*1H2/q;+2;;;/p-1. The molecule has 0 saturated carbocycles. The Morgan fingerprint density at radius 2 is 0.600 bits per heavy atom. The summed E-state index contributed by atoms with van der Waals surface area (Å²) in [5.41, 5.74) is 0. The zero-order chi connectivity index (χ0) is 0. The molecule has 0 rings (SSSR count). The van der Waals surface area contributed by atoms with Crippen molar-refractivity contribution >= 4 is 37.7 Å². The molecule has 0 aliphatic carbocycles. The largest absolute Gasteiger partial charge is 2.00 e. The predicted octanol–water partition coefficient (Wildman–Crippen LogP) is -5.85. The van der Waals surface area contributed by atoms with Crippen LogP contribution in [0.15, 0.2) is 0 Å². The van der Waals surface area contributed by atoms with E-state index in [2.05, 4.69) is 0 Å². The maximum atomic E-state index is 0. The minimum Gasteiger partial charge on any atom is -1.00 e. The Kier molecular flexibility index (Phi) is 729. The van der Waals surface area contributed by atoms with Crippen molar-refractivity contribution in [2.24, 2.45) is 0 Å². The first-order valence-electron chi connectivity index (χ1n) is 0. The van der Waals surface area contributed by atoms with Gasteiger partial charge in [0.25, 0.3) is 0 Å². The van der Waals surface area contributed by atoms with Gasteiger partial charge in [0.05, 0.1) is 0 Å². The van der Waals surface area contributed by atoms with E-state index in [1.807, 2.05) is 0 Å². The van der Waals surface area contributed by atoms with E-state index in [0.717, 1.165) is 0 Å². The van der Waals surface area contributed by atoms with Crippen LogP contribution in [0.4, 0.5) is 0 Å². The summed E-state index contributed by atoms with van der Waals surface area (Å²) in [5, 5.41) is 0. The third-order valence-electron chi connectivity index (χ3n) is 0. The molecular formula is H6BrCaO3+. The maximum absolute atomic E-state index is 0. The summed E-state index contributed by atoms with van der Waals surface area (Å²) >= 11 is 0. The van der Waals surface area contributed by atoms with Gasteiger partial charge in [0.1, 0.15) is 0 Å². The van der Waals surface area contributed by atoms with Crippen molar-refractivity contribution in [3.63, 3.8) is 0 Å². The fourth-order valence-electron chi connectivity index (χ4n) is 0. The van der Waals surface area contributed by atoms with Gasteiger partial charge in [0.15, 0.2) is 0 Å². The Labute approximate surface area is 70.4 Å². The van der Waals surface area contributed by atoms with Crippen LogP contribution in [0.3, 0.4) is 0 Å². The molecule has 0 aliphatic heterocycles. The van der Waals surface area contributed by atoms with Crippen LogP contribution in [0, 0.1) is 0 Å². The molecule has 0 aromatic carbocycles. The summed E-state index contributed by atoms with van der Waals surface area (Å²) < 4.78 is 0. The van der Waals surface area contributed by atoms with E-state index in [0.29, 0.717) is 0 Å². The van der Waals surface area contributed by atoms with E-state index in [4.69, 9.17) is 0 Å². The number of hydrogen-bond acceptors (Lipinski definition) is 0. The summed E-state index contributed by atoms with van der Waals surface area (Å²) in [4.78, 5) is 0. The third-order valence-corrected chi connectivity index (χ3v) is 0. The monoisotopic (exact) mass is 173 g/mol. The topological polar surface area (TPSA) is 94.5 Å². The van der Waals surface area contributed by atoms with Crippen LogP contribution in [-0.4, -0.2) is 54.2 Å². The van der Waals surface area contributed by atoms with E-state index in [1.165, 1.54) is 0 Å². The first kappa shape index (κ1) is 79.7. The second-order valence-corrected chi connectivity index (χ2v) is 0. The molecule has 32 valence electrons. The van der Waals surface area contributed by atoms with Crippen LogP contribution in [0.25, 0.3) is 0 Å². The van der Waals surface area contributed by atoms with Gasteiger partial charge in [-0.3, -0.25) is 0 Å². The normalized spacial score (nSPS) is 0. The predicted molar refractivity (Wildman–Crippen MR) is 16.6 cm³/mol.